The quantitative estimate of drug-likeness (QED) is 0.541. The second-order valence-electron chi connectivity index (χ2n) is 8.82. The summed E-state index contributed by atoms with van der Waals surface area (Å²) in [7, 11) is 1.62. The Bertz CT molecular complexity index is 1150. The van der Waals surface area contributed by atoms with Crippen molar-refractivity contribution in [2.45, 2.75) is 26.3 Å². The van der Waals surface area contributed by atoms with E-state index < -0.39 is 0 Å². The molecule has 0 bridgehead atoms. The maximum absolute atomic E-state index is 13.7. The molecule has 1 fully saturated rings. The molecule has 1 saturated heterocycles. The predicted molar refractivity (Wildman–Crippen MR) is 136 cm³/mol. The first-order valence-corrected chi connectivity index (χ1v) is 12.1. The zero-order valence-corrected chi connectivity index (χ0v) is 20.6. The van der Waals surface area contributed by atoms with Crippen LogP contribution in [0.2, 0.25) is 0 Å². The Morgan fingerprint density at radius 1 is 1.03 bits per heavy atom. The maximum Gasteiger partial charge on any atom is 0.257 e. The van der Waals surface area contributed by atoms with Crippen LogP contribution in [0.4, 0.5) is 0 Å². The second-order valence-corrected chi connectivity index (χ2v) is 8.82. The van der Waals surface area contributed by atoms with Gasteiger partial charge in [-0.15, -0.1) is 0 Å². The number of aromatic nitrogens is 2. The molecule has 8 heteroatoms. The van der Waals surface area contributed by atoms with Gasteiger partial charge in [-0.3, -0.25) is 14.5 Å². The number of piperazine rings is 1. The molecule has 4 rings (SSSR count). The molecule has 1 unspecified atom stereocenters. The van der Waals surface area contributed by atoms with E-state index in [4.69, 9.17) is 9.84 Å². The zero-order valence-electron chi connectivity index (χ0n) is 20.6. The third-order valence-corrected chi connectivity index (χ3v) is 6.37. The number of ether oxygens (including phenoxy) is 1. The number of amides is 2. The van der Waals surface area contributed by atoms with Gasteiger partial charge in [-0.25, -0.2) is 4.68 Å². The topological polar surface area (TPSA) is 79.7 Å². The molecule has 1 atom stereocenters. The van der Waals surface area contributed by atoms with Crippen molar-refractivity contribution in [3.8, 4) is 22.7 Å². The minimum absolute atomic E-state index is 0.0294. The Morgan fingerprint density at radius 3 is 2.40 bits per heavy atom. The fourth-order valence-electron chi connectivity index (χ4n) is 4.19. The van der Waals surface area contributed by atoms with Crippen molar-refractivity contribution in [3.63, 3.8) is 0 Å². The minimum atomic E-state index is -0.0724. The summed E-state index contributed by atoms with van der Waals surface area (Å²) >= 11 is 0. The number of para-hydroxylation sites is 2. The van der Waals surface area contributed by atoms with Crippen molar-refractivity contribution in [1.82, 2.24) is 24.9 Å². The highest BCUT2D eigenvalue weighted by molar-refractivity contribution is 6.00. The van der Waals surface area contributed by atoms with E-state index in [2.05, 4.69) is 17.1 Å². The number of carbonyl (C=O) groups excluding carboxylic acids is 2. The van der Waals surface area contributed by atoms with Crippen LogP contribution < -0.4 is 10.1 Å². The molecule has 0 spiro atoms. The number of hydrogen-bond donors (Lipinski definition) is 1. The molecule has 0 radical (unpaired) electrons. The zero-order chi connectivity index (χ0) is 24.8. The molecule has 35 heavy (non-hydrogen) atoms. The summed E-state index contributed by atoms with van der Waals surface area (Å²) in [5.41, 5.74) is 2.76. The Balaban J connectivity index is 1.54. The van der Waals surface area contributed by atoms with Gasteiger partial charge in [0.25, 0.3) is 5.91 Å². The molecule has 184 valence electrons. The molecule has 2 heterocycles. The van der Waals surface area contributed by atoms with E-state index in [1.165, 1.54) is 0 Å². The van der Waals surface area contributed by atoms with Crippen LogP contribution in [0, 0.1) is 0 Å². The summed E-state index contributed by atoms with van der Waals surface area (Å²) in [5, 5.41) is 7.80. The number of hydrogen-bond acceptors (Lipinski definition) is 5. The lowest BCUT2D eigenvalue weighted by atomic mass is 10.1. The fraction of sp³-hybridized carbons (Fsp3) is 0.370. The molecule has 1 aliphatic rings. The van der Waals surface area contributed by atoms with Crippen LogP contribution in [0.3, 0.4) is 0 Å². The first-order valence-electron chi connectivity index (χ1n) is 12.1. The molecule has 1 aromatic heterocycles. The van der Waals surface area contributed by atoms with Crippen molar-refractivity contribution in [2.24, 2.45) is 0 Å². The Morgan fingerprint density at radius 2 is 1.71 bits per heavy atom. The van der Waals surface area contributed by atoms with Gasteiger partial charge in [0.1, 0.15) is 11.4 Å². The summed E-state index contributed by atoms with van der Waals surface area (Å²) in [6, 6.07) is 17.5. The number of carbonyl (C=O) groups is 2. The van der Waals surface area contributed by atoms with Crippen LogP contribution in [-0.2, 0) is 4.79 Å². The van der Waals surface area contributed by atoms with Crippen LogP contribution in [-0.4, -0.2) is 77.3 Å². The average molecular weight is 476 g/mol. The SMILES string of the molecule is CCC(C)NC(=O)CN1CCN(C(=O)c2cn(-c3ccccc3)nc2-c2ccccc2OC)CC1. The number of rotatable bonds is 8. The summed E-state index contributed by atoms with van der Waals surface area (Å²) < 4.78 is 7.30. The van der Waals surface area contributed by atoms with Gasteiger partial charge in [0.15, 0.2) is 0 Å². The average Bonchev–Trinajstić information content (AvgIpc) is 3.34. The normalized spacial score (nSPS) is 15.0. The molecule has 0 saturated carbocycles. The van der Waals surface area contributed by atoms with Gasteiger partial charge < -0.3 is 15.0 Å². The van der Waals surface area contributed by atoms with Gasteiger partial charge in [-0.2, -0.15) is 5.10 Å². The van der Waals surface area contributed by atoms with E-state index in [1.54, 1.807) is 18.0 Å². The van der Waals surface area contributed by atoms with E-state index in [0.717, 1.165) is 17.7 Å². The molecular weight excluding hydrogens is 442 g/mol. The fourth-order valence-corrected chi connectivity index (χ4v) is 4.19. The maximum atomic E-state index is 13.7. The number of benzene rings is 2. The van der Waals surface area contributed by atoms with Crippen LogP contribution in [0.25, 0.3) is 16.9 Å². The highest BCUT2D eigenvalue weighted by Crippen LogP contribution is 2.32. The molecule has 8 nitrogen and oxygen atoms in total. The van der Waals surface area contributed by atoms with Gasteiger partial charge in [-0.1, -0.05) is 37.3 Å². The highest BCUT2D eigenvalue weighted by atomic mass is 16.5. The van der Waals surface area contributed by atoms with Crippen molar-refractivity contribution < 1.29 is 14.3 Å². The van der Waals surface area contributed by atoms with Crippen LogP contribution in [0.5, 0.6) is 5.75 Å². The lowest BCUT2D eigenvalue weighted by Gasteiger charge is -2.34. The molecule has 1 aliphatic heterocycles. The molecule has 1 N–H and O–H groups in total. The van der Waals surface area contributed by atoms with Gasteiger partial charge in [0.05, 0.1) is 24.9 Å². The van der Waals surface area contributed by atoms with E-state index in [9.17, 15) is 9.59 Å². The van der Waals surface area contributed by atoms with Gasteiger partial charge in [0, 0.05) is 44.0 Å². The van der Waals surface area contributed by atoms with Gasteiger partial charge in [-0.05, 0) is 37.6 Å². The standard InChI is InChI=1S/C27H33N5O3/c1-4-20(2)28-25(33)19-30-14-16-31(17-15-30)27(34)23-18-32(21-10-6-5-7-11-21)29-26(23)22-12-8-9-13-24(22)35-3/h5-13,18,20H,4,14-17,19H2,1-3H3,(H,28,33). The van der Waals surface area contributed by atoms with Crippen LogP contribution >= 0.6 is 0 Å². The van der Waals surface area contributed by atoms with Gasteiger partial charge >= 0.3 is 0 Å². The van der Waals surface area contributed by atoms with E-state index in [-0.39, 0.29) is 17.9 Å². The largest absolute Gasteiger partial charge is 0.496 e. The summed E-state index contributed by atoms with van der Waals surface area (Å²) in [6.07, 6.45) is 2.70. The molecule has 2 aromatic carbocycles. The van der Waals surface area contributed by atoms with Crippen molar-refractivity contribution in [3.05, 3.63) is 66.4 Å². The minimum Gasteiger partial charge on any atom is -0.496 e. The van der Waals surface area contributed by atoms with Crippen molar-refractivity contribution in [2.75, 3.05) is 39.8 Å². The molecule has 3 aromatic rings. The monoisotopic (exact) mass is 475 g/mol. The smallest absolute Gasteiger partial charge is 0.257 e. The van der Waals surface area contributed by atoms with Crippen molar-refractivity contribution in [1.29, 1.82) is 0 Å². The summed E-state index contributed by atoms with van der Waals surface area (Å²) in [5.74, 6) is 0.621. The van der Waals surface area contributed by atoms with Gasteiger partial charge in [0.2, 0.25) is 5.91 Å². The second kappa shape index (κ2) is 11.2. The lowest BCUT2D eigenvalue weighted by molar-refractivity contribution is -0.123. The Labute approximate surface area is 206 Å². The third kappa shape index (κ3) is 5.71. The van der Waals surface area contributed by atoms with E-state index in [0.29, 0.717) is 49.7 Å². The lowest BCUT2D eigenvalue weighted by Crippen LogP contribution is -2.51. The molecule has 2 amide bonds. The third-order valence-electron chi connectivity index (χ3n) is 6.37. The first kappa shape index (κ1) is 24.5. The summed E-state index contributed by atoms with van der Waals surface area (Å²) in [4.78, 5) is 29.9. The first-order chi connectivity index (χ1) is 17.0. The van der Waals surface area contributed by atoms with Crippen LogP contribution in [0.1, 0.15) is 30.6 Å². The molecular formula is C27H33N5O3. The highest BCUT2D eigenvalue weighted by Gasteiger charge is 2.28. The Kier molecular flexibility index (Phi) is 7.82. The number of methoxy groups -OCH3 is 1. The number of nitrogens with zero attached hydrogens (tertiary/aromatic N) is 4. The summed E-state index contributed by atoms with van der Waals surface area (Å²) in [6.45, 7) is 6.81. The Hall–Kier alpha value is -3.65. The molecule has 0 aliphatic carbocycles. The van der Waals surface area contributed by atoms with E-state index in [1.807, 2.05) is 66.4 Å². The predicted octanol–water partition coefficient (Wildman–Crippen LogP) is 3.22. The number of nitrogens with one attached hydrogen (secondary N) is 1. The van der Waals surface area contributed by atoms with E-state index >= 15 is 0 Å². The van der Waals surface area contributed by atoms with Crippen LogP contribution in [0.15, 0.2) is 60.8 Å². The van der Waals surface area contributed by atoms with Crippen molar-refractivity contribution >= 4 is 11.8 Å².